The van der Waals surface area contributed by atoms with Crippen LogP contribution in [0.3, 0.4) is 0 Å². The standard InChI is InChI=1S/C13H19NO2/c1-9(2)10(3)14-13(16)12(15)11-7-5-4-6-8-11/h4-10,12,15H,1-3H3,(H,14,16). The van der Waals surface area contributed by atoms with Crippen LogP contribution in [0, 0.1) is 5.92 Å². The number of aliphatic hydroxyl groups is 1. The zero-order valence-electron chi connectivity index (χ0n) is 9.97. The Bertz CT molecular complexity index is 335. The second-order valence-electron chi connectivity index (χ2n) is 4.35. The number of aliphatic hydroxyl groups excluding tert-OH is 1. The minimum Gasteiger partial charge on any atom is -0.378 e. The molecule has 2 N–H and O–H groups in total. The Labute approximate surface area is 96.5 Å². The highest BCUT2D eigenvalue weighted by atomic mass is 16.3. The van der Waals surface area contributed by atoms with Crippen LogP contribution in [-0.4, -0.2) is 17.1 Å². The van der Waals surface area contributed by atoms with Crippen molar-refractivity contribution in [2.24, 2.45) is 5.92 Å². The molecule has 0 radical (unpaired) electrons. The van der Waals surface area contributed by atoms with E-state index in [1.165, 1.54) is 0 Å². The molecule has 1 aromatic carbocycles. The van der Waals surface area contributed by atoms with Gasteiger partial charge in [0.2, 0.25) is 0 Å². The summed E-state index contributed by atoms with van der Waals surface area (Å²) in [5.74, 6) is 0.0133. The van der Waals surface area contributed by atoms with E-state index in [0.29, 0.717) is 11.5 Å². The molecule has 88 valence electrons. The molecular weight excluding hydrogens is 202 g/mol. The van der Waals surface area contributed by atoms with Crippen LogP contribution in [0.4, 0.5) is 0 Å². The third-order valence-electron chi connectivity index (χ3n) is 2.73. The van der Waals surface area contributed by atoms with E-state index in [-0.39, 0.29) is 11.9 Å². The largest absolute Gasteiger partial charge is 0.378 e. The summed E-state index contributed by atoms with van der Waals surface area (Å²) in [6, 6.07) is 9.00. The molecule has 2 atom stereocenters. The molecular formula is C13H19NO2. The molecule has 3 nitrogen and oxygen atoms in total. The zero-order chi connectivity index (χ0) is 12.1. The Kier molecular flexibility index (Phi) is 4.50. The number of nitrogens with one attached hydrogen (secondary N) is 1. The summed E-state index contributed by atoms with van der Waals surface area (Å²) in [5.41, 5.74) is 0.621. The Morgan fingerprint density at radius 2 is 1.75 bits per heavy atom. The average Bonchev–Trinajstić information content (AvgIpc) is 2.28. The maximum absolute atomic E-state index is 11.7. The molecule has 0 aliphatic heterocycles. The van der Waals surface area contributed by atoms with Crippen LogP contribution in [0.25, 0.3) is 0 Å². The number of carbonyl (C=O) groups is 1. The van der Waals surface area contributed by atoms with E-state index >= 15 is 0 Å². The minimum absolute atomic E-state index is 0.0610. The van der Waals surface area contributed by atoms with Crippen LogP contribution in [0.1, 0.15) is 32.4 Å². The highest BCUT2D eigenvalue weighted by molar-refractivity contribution is 5.82. The lowest BCUT2D eigenvalue weighted by atomic mass is 10.0. The maximum Gasteiger partial charge on any atom is 0.253 e. The van der Waals surface area contributed by atoms with Crippen molar-refractivity contribution in [3.63, 3.8) is 0 Å². The van der Waals surface area contributed by atoms with Crippen LogP contribution < -0.4 is 5.32 Å². The van der Waals surface area contributed by atoms with Crippen LogP contribution in [0.15, 0.2) is 30.3 Å². The van der Waals surface area contributed by atoms with Gasteiger partial charge in [0.15, 0.2) is 6.10 Å². The highest BCUT2D eigenvalue weighted by Gasteiger charge is 2.19. The molecule has 1 amide bonds. The number of rotatable bonds is 4. The molecule has 0 saturated heterocycles. The van der Waals surface area contributed by atoms with Gasteiger partial charge < -0.3 is 10.4 Å². The van der Waals surface area contributed by atoms with Crippen LogP contribution in [0.2, 0.25) is 0 Å². The quantitative estimate of drug-likeness (QED) is 0.815. The van der Waals surface area contributed by atoms with E-state index in [4.69, 9.17) is 0 Å². The number of hydrogen-bond donors (Lipinski definition) is 2. The number of amides is 1. The van der Waals surface area contributed by atoms with Crippen molar-refractivity contribution in [1.29, 1.82) is 0 Å². The second-order valence-corrected chi connectivity index (χ2v) is 4.35. The predicted octanol–water partition coefficient (Wildman–Crippen LogP) is 1.88. The molecule has 0 aromatic heterocycles. The third-order valence-corrected chi connectivity index (χ3v) is 2.73. The highest BCUT2D eigenvalue weighted by Crippen LogP contribution is 2.12. The second kappa shape index (κ2) is 5.66. The van der Waals surface area contributed by atoms with Gasteiger partial charge in [0.05, 0.1) is 0 Å². The molecule has 1 aromatic rings. The van der Waals surface area contributed by atoms with Gasteiger partial charge >= 0.3 is 0 Å². The number of carbonyl (C=O) groups excluding carboxylic acids is 1. The molecule has 0 aliphatic rings. The summed E-state index contributed by atoms with van der Waals surface area (Å²) in [6.07, 6.45) is -1.08. The monoisotopic (exact) mass is 221 g/mol. The molecule has 16 heavy (non-hydrogen) atoms. The van der Waals surface area contributed by atoms with Crippen LogP contribution >= 0.6 is 0 Å². The first-order valence-electron chi connectivity index (χ1n) is 5.55. The lowest BCUT2D eigenvalue weighted by Gasteiger charge is -2.19. The normalized spacial score (nSPS) is 14.6. The van der Waals surface area contributed by atoms with E-state index in [2.05, 4.69) is 5.32 Å². The number of benzene rings is 1. The first-order valence-corrected chi connectivity index (χ1v) is 5.55. The fourth-order valence-electron chi connectivity index (χ4n) is 1.26. The molecule has 0 fully saturated rings. The molecule has 0 bridgehead atoms. The average molecular weight is 221 g/mol. The van der Waals surface area contributed by atoms with Crippen molar-refractivity contribution >= 4 is 5.91 Å². The van der Waals surface area contributed by atoms with Gasteiger partial charge in [-0.2, -0.15) is 0 Å². The van der Waals surface area contributed by atoms with E-state index in [1.807, 2.05) is 26.8 Å². The van der Waals surface area contributed by atoms with Crippen molar-refractivity contribution in [3.05, 3.63) is 35.9 Å². The summed E-state index contributed by atoms with van der Waals surface area (Å²) in [4.78, 5) is 11.7. The van der Waals surface area contributed by atoms with E-state index in [9.17, 15) is 9.90 Å². The molecule has 0 saturated carbocycles. The molecule has 2 unspecified atom stereocenters. The Morgan fingerprint density at radius 1 is 1.19 bits per heavy atom. The molecule has 0 spiro atoms. The Hall–Kier alpha value is -1.35. The van der Waals surface area contributed by atoms with Crippen molar-refractivity contribution in [3.8, 4) is 0 Å². The van der Waals surface area contributed by atoms with Gasteiger partial charge in [-0.05, 0) is 18.4 Å². The molecule has 0 aliphatic carbocycles. The van der Waals surface area contributed by atoms with Crippen molar-refractivity contribution in [1.82, 2.24) is 5.32 Å². The fourth-order valence-corrected chi connectivity index (χ4v) is 1.26. The summed E-state index contributed by atoms with van der Waals surface area (Å²) in [7, 11) is 0. The van der Waals surface area contributed by atoms with E-state index in [1.54, 1.807) is 24.3 Å². The van der Waals surface area contributed by atoms with Gasteiger partial charge in [-0.15, -0.1) is 0 Å². The van der Waals surface area contributed by atoms with Gasteiger partial charge in [-0.1, -0.05) is 44.2 Å². The van der Waals surface area contributed by atoms with Crippen LogP contribution in [0.5, 0.6) is 0 Å². The zero-order valence-corrected chi connectivity index (χ0v) is 9.97. The summed E-state index contributed by atoms with van der Waals surface area (Å²) in [6.45, 7) is 5.99. The SMILES string of the molecule is CC(C)C(C)NC(=O)C(O)c1ccccc1. The van der Waals surface area contributed by atoms with Crippen molar-refractivity contribution < 1.29 is 9.90 Å². The molecule has 3 heteroatoms. The lowest BCUT2D eigenvalue weighted by Crippen LogP contribution is -2.39. The van der Waals surface area contributed by atoms with Gasteiger partial charge in [-0.3, -0.25) is 4.79 Å². The van der Waals surface area contributed by atoms with Crippen molar-refractivity contribution in [2.45, 2.75) is 32.9 Å². The molecule has 1 rings (SSSR count). The predicted molar refractivity (Wildman–Crippen MR) is 63.8 cm³/mol. The van der Waals surface area contributed by atoms with Gasteiger partial charge in [0.25, 0.3) is 5.91 Å². The topological polar surface area (TPSA) is 49.3 Å². The van der Waals surface area contributed by atoms with Crippen molar-refractivity contribution in [2.75, 3.05) is 0 Å². The molecule has 0 heterocycles. The maximum atomic E-state index is 11.7. The first kappa shape index (κ1) is 12.7. The van der Waals surface area contributed by atoms with Gasteiger partial charge in [-0.25, -0.2) is 0 Å². The van der Waals surface area contributed by atoms with Gasteiger partial charge in [0.1, 0.15) is 0 Å². The Morgan fingerprint density at radius 3 is 2.25 bits per heavy atom. The Balaban J connectivity index is 2.62. The van der Waals surface area contributed by atoms with E-state index in [0.717, 1.165) is 0 Å². The lowest BCUT2D eigenvalue weighted by molar-refractivity contribution is -0.130. The van der Waals surface area contributed by atoms with E-state index < -0.39 is 6.10 Å². The summed E-state index contributed by atoms with van der Waals surface area (Å²) >= 11 is 0. The third kappa shape index (κ3) is 3.35. The van der Waals surface area contributed by atoms with Gasteiger partial charge in [0, 0.05) is 6.04 Å². The minimum atomic E-state index is -1.08. The summed E-state index contributed by atoms with van der Waals surface area (Å²) in [5, 5.41) is 12.6. The number of hydrogen-bond acceptors (Lipinski definition) is 2. The van der Waals surface area contributed by atoms with Crippen LogP contribution in [-0.2, 0) is 4.79 Å². The fraction of sp³-hybridized carbons (Fsp3) is 0.462. The first-order chi connectivity index (χ1) is 7.52. The summed E-state index contributed by atoms with van der Waals surface area (Å²) < 4.78 is 0. The smallest absolute Gasteiger partial charge is 0.253 e.